The molecule has 1 aromatic rings. The molecule has 1 aliphatic rings. The Morgan fingerprint density at radius 1 is 1.12 bits per heavy atom. The summed E-state index contributed by atoms with van der Waals surface area (Å²) in [4.78, 5) is 0. The molecule has 1 N–H and O–H groups in total. The molecule has 2 rings (SSSR count). The van der Waals surface area contributed by atoms with Crippen LogP contribution in [-0.2, 0) is 6.18 Å². The Bertz CT molecular complexity index is 365. The lowest BCUT2D eigenvalue weighted by Gasteiger charge is -2.17. The second kappa shape index (κ2) is 5.08. The summed E-state index contributed by atoms with van der Waals surface area (Å²) in [6.45, 7) is 0.890. The van der Waals surface area contributed by atoms with Crippen molar-refractivity contribution in [3.05, 3.63) is 35.4 Å². The molecule has 0 amide bonds. The van der Waals surface area contributed by atoms with Crippen molar-refractivity contribution >= 4 is 0 Å². The normalized spacial score (nSPS) is 22.2. The van der Waals surface area contributed by atoms with Crippen LogP contribution in [0.5, 0.6) is 0 Å². The fourth-order valence-electron chi connectivity index (χ4n) is 2.24. The van der Waals surface area contributed by atoms with Crippen LogP contribution in [0.25, 0.3) is 0 Å². The third-order valence-corrected chi connectivity index (χ3v) is 3.18. The van der Waals surface area contributed by atoms with E-state index in [1.54, 1.807) is 6.07 Å². The van der Waals surface area contributed by atoms with Gasteiger partial charge < -0.3 is 5.32 Å². The average Bonchev–Trinajstić information content (AvgIpc) is 2.56. The third-order valence-electron chi connectivity index (χ3n) is 3.18. The van der Waals surface area contributed by atoms with Crippen LogP contribution in [0.3, 0.4) is 0 Å². The van der Waals surface area contributed by atoms with E-state index in [-0.39, 0.29) is 6.04 Å². The summed E-state index contributed by atoms with van der Waals surface area (Å²) in [5, 5.41) is 3.31. The molecule has 1 atom stereocenters. The van der Waals surface area contributed by atoms with Crippen LogP contribution in [0.1, 0.15) is 42.9 Å². The second-order valence-corrected chi connectivity index (χ2v) is 4.48. The van der Waals surface area contributed by atoms with Crippen molar-refractivity contribution in [2.75, 3.05) is 6.54 Å². The van der Waals surface area contributed by atoms with Gasteiger partial charge in [-0.2, -0.15) is 13.2 Å². The molecule has 0 spiro atoms. The van der Waals surface area contributed by atoms with E-state index in [2.05, 4.69) is 5.32 Å². The highest BCUT2D eigenvalue weighted by atomic mass is 19.4. The highest BCUT2D eigenvalue weighted by Gasteiger charge is 2.30. The fraction of sp³-hybridized carbons (Fsp3) is 0.538. The molecule has 0 bridgehead atoms. The number of benzene rings is 1. The Morgan fingerprint density at radius 2 is 1.94 bits per heavy atom. The van der Waals surface area contributed by atoms with Gasteiger partial charge in [0.2, 0.25) is 0 Å². The molecule has 17 heavy (non-hydrogen) atoms. The van der Waals surface area contributed by atoms with Gasteiger partial charge in [-0.05, 0) is 37.1 Å². The van der Waals surface area contributed by atoms with Crippen molar-refractivity contribution in [1.82, 2.24) is 5.32 Å². The average molecular weight is 243 g/mol. The van der Waals surface area contributed by atoms with Gasteiger partial charge in [0.05, 0.1) is 5.56 Å². The van der Waals surface area contributed by atoms with Gasteiger partial charge in [0.15, 0.2) is 0 Å². The van der Waals surface area contributed by atoms with Gasteiger partial charge in [-0.3, -0.25) is 0 Å². The van der Waals surface area contributed by atoms with Crippen molar-refractivity contribution in [1.29, 1.82) is 0 Å². The molecular formula is C13H16F3N. The molecule has 4 heteroatoms. The van der Waals surface area contributed by atoms with Crippen LogP contribution in [0.4, 0.5) is 13.2 Å². The fourth-order valence-corrected chi connectivity index (χ4v) is 2.24. The third kappa shape index (κ3) is 3.22. The standard InChI is InChI=1S/C13H16F3N/c14-13(15,16)11-6-4-5-10(9-11)12-7-2-1-3-8-17-12/h4-6,9,12,17H,1-3,7-8H2. The van der Waals surface area contributed by atoms with E-state index in [1.807, 2.05) is 0 Å². The molecule has 0 radical (unpaired) electrons. The maximum Gasteiger partial charge on any atom is 0.416 e. The van der Waals surface area contributed by atoms with Crippen LogP contribution >= 0.6 is 0 Å². The first-order valence-electron chi connectivity index (χ1n) is 5.98. The number of hydrogen-bond donors (Lipinski definition) is 1. The lowest BCUT2D eigenvalue weighted by atomic mass is 10.00. The Labute approximate surface area is 99.0 Å². The zero-order valence-corrected chi connectivity index (χ0v) is 9.56. The number of alkyl halides is 3. The highest BCUT2D eigenvalue weighted by Crippen LogP contribution is 2.32. The van der Waals surface area contributed by atoms with Crippen LogP contribution in [-0.4, -0.2) is 6.54 Å². The van der Waals surface area contributed by atoms with Crippen LogP contribution < -0.4 is 5.32 Å². The monoisotopic (exact) mass is 243 g/mol. The molecular weight excluding hydrogens is 227 g/mol. The van der Waals surface area contributed by atoms with Crippen molar-refractivity contribution in [3.63, 3.8) is 0 Å². The minimum absolute atomic E-state index is 0.0693. The van der Waals surface area contributed by atoms with Crippen LogP contribution in [0, 0.1) is 0 Å². The lowest BCUT2D eigenvalue weighted by Crippen LogP contribution is -2.20. The van der Waals surface area contributed by atoms with E-state index < -0.39 is 11.7 Å². The Morgan fingerprint density at radius 3 is 2.71 bits per heavy atom. The summed E-state index contributed by atoms with van der Waals surface area (Å²) in [5.41, 5.74) is 0.197. The summed E-state index contributed by atoms with van der Waals surface area (Å²) in [5.74, 6) is 0. The first-order valence-corrected chi connectivity index (χ1v) is 5.98. The van der Waals surface area contributed by atoms with E-state index in [0.29, 0.717) is 0 Å². The molecule has 1 aromatic carbocycles. The minimum atomic E-state index is -4.25. The minimum Gasteiger partial charge on any atom is -0.310 e. The highest BCUT2D eigenvalue weighted by molar-refractivity contribution is 5.28. The summed E-state index contributed by atoms with van der Waals surface area (Å²) in [7, 11) is 0. The number of rotatable bonds is 1. The topological polar surface area (TPSA) is 12.0 Å². The molecule has 1 saturated heterocycles. The molecule has 0 saturated carbocycles. The lowest BCUT2D eigenvalue weighted by molar-refractivity contribution is -0.137. The van der Waals surface area contributed by atoms with Gasteiger partial charge in [-0.25, -0.2) is 0 Å². The van der Waals surface area contributed by atoms with Gasteiger partial charge in [0, 0.05) is 6.04 Å². The van der Waals surface area contributed by atoms with Gasteiger partial charge >= 0.3 is 6.18 Å². The second-order valence-electron chi connectivity index (χ2n) is 4.48. The van der Waals surface area contributed by atoms with Gasteiger partial charge in [-0.1, -0.05) is 25.0 Å². The molecule has 0 aliphatic carbocycles. The van der Waals surface area contributed by atoms with E-state index in [0.717, 1.165) is 43.9 Å². The molecule has 0 aromatic heterocycles. The quantitative estimate of drug-likeness (QED) is 0.788. The SMILES string of the molecule is FC(F)(F)c1cccc(C2CCCCCN2)c1. The molecule has 1 unspecified atom stereocenters. The summed E-state index contributed by atoms with van der Waals surface area (Å²) < 4.78 is 37.8. The predicted molar refractivity (Wildman–Crippen MR) is 60.7 cm³/mol. The maximum absolute atomic E-state index is 12.6. The Hall–Kier alpha value is -1.03. The zero-order valence-electron chi connectivity index (χ0n) is 9.56. The van der Waals surface area contributed by atoms with E-state index in [4.69, 9.17) is 0 Å². The van der Waals surface area contributed by atoms with Crippen LogP contribution in [0.2, 0.25) is 0 Å². The van der Waals surface area contributed by atoms with Gasteiger partial charge in [0.25, 0.3) is 0 Å². The summed E-state index contributed by atoms with van der Waals surface area (Å²) in [6.07, 6.45) is 0.00782. The summed E-state index contributed by atoms with van der Waals surface area (Å²) in [6, 6.07) is 5.73. The zero-order chi connectivity index (χ0) is 12.3. The number of hydrogen-bond acceptors (Lipinski definition) is 1. The van der Waals surface area contributed by atoms with Gasteiger partial charge in [-0.15, -0.1) is 0 Å². The van der Waals surface area contributed by atoms with E-state index >= 15 is 0 Å². The predicted octanol–water partition coefficient (Wildman–Crippen LogP) is 3.91. The molecule has 1 nitrogen and oxygen atoms in total. The van der Waals surface area contributed by atoms with E-state index in [1.165, 1.54) is 12.1 Å². The van der Waals surface area contributed by atoms with E-state index in [9.17, 15) is 13.2 Å². The number of nitrogens with one attached hydrogen (secondary N) is 1. The summed E-state index contributed by atoms with van der Waals surface area (Å²) >= 11 is 0. The smallest absolute Gasteiger partial charge is 0.310 e. The molecule has 94 valence electrons. The van der Waals surface area contributed by atoms with Crippen LogP contribution in [0.15, 0.2) is 24.3 Å². The Kier molecular flexibility index (Phi) is 3.72. The Balaban J connectivity index is 2.20. The first-order chi connectivity index (χ1) is 8.07. The molecule has 1 heterocycles. The first kappa shape index (κ1) is 12.4. The van der Waals surface area contributed by atoms with Gasteiger partial charge in [0.1, 0.15) is 0 Å². The number of halogens is 3. The van der Waals surface area contributed by atoms with Crippen molar-refractivity contribution in [2.24, 2.45) is 0 Å². The molecule has 1 fully saturated rings. The van der Waals surface area contributed by atoms with Crippen molar-refractivity contribution < 1.29 is 13.2 Å². The maximum atomic E-state index is 12.6. The van der Waals surface area contributed by atoms with Crippen molar-refractivity contribution in [2.45, 2.75) is 37.9 Å². The molecule has 1 aliphatic heterocycles. The van der Waals surface area contributed by atoms with Crippen molar-refractivity contribution in [3.8, 4) is 0 Å². The largest absolute Gasteiger partial charge is 0.416 e.